The van der Waals surface area contributed by atoms with Crippen LogP contribution in [0.4, 0.5) is 0 Å². The van der Waals surface area contributed by atoms with Gasteiger partial charge >= 0.3 is 0 Å². The normalized spacial score (nSPS) is 16.9. The van der Waals surface area contributed by atoms with Gasteiger partial charge in [0.1, 0.15) is 0 Å². The Balaban J connectivity index is 1.83. The number of nitrogens with zero attached hydrogens (tertiary/aromatic N) is 2. The summed E-state index contributed by atoms with van der Waals surface area (Å²) in [7, 11) is 0. The molecule has 4 heteroatoms. The molecule has 0 aliphatic heterocycles. The molecule has 1 aromatic heterocycles. The molecule has 1 aliphatic rings. The molecule has 0 unspecified atom stereocenters. The summed E-state index contributed by atoms with van der Waals surface area (Å²) in [5.41, 5.74) is 1.20. The minimum atomic E-state index is 0.191. The van der Waals surface area contributed by atoms with Crippen LogP contribution < -0.4 is 5.32 Å². The molecule has 1 aromatic rings. The molecule has 0 spiro atoms. The fourth-order valence-electron chi connectivity index (χ4n) is 1.63. The molecule has 4 nitrogen and oxygen atoms in total. The SMILES string of the molecule is OCCNCc1cnn(C2CCC2)c1. The van der Waals surface area contributed by atoms with Crippen LogP contribution in [-0.4, -0.2) is 28.0 Å². The minimum absolute atomic E-state index is 0.191. The molecule has 0 aromatic carbocycles. The van der Waals surface area contributed by atoms with Crippen LogP contribution in [0, 0.1) is 0 Å². The first-order chi connectivity index (χ1) is 6.90. The molecule has 0 atom stereocenters. The highest BCUT2D eigenvalue weighted by Crippen LogP contribution is 2.30. The highest BCUT2D eigenvalue weighted by Gasteiger charge is 2.19. The second kappa shape index (κ2) is 4.57. The number of rotatable bonds is 5. The Morgan fingerprint density at radius 2 is 2.43 bits per heavy atom. The van der Waals surface area contributed by atoms with Gasteiger partial charge < -0.3 is 10.4 Å². The lowest BCUT2D eigenvalue weighted by atomic mass is 9.93. The molecule has 0 amide bonds. The van der Waals surface area contributed by atoms with E-state index >= 15 is 0 Å². The van der Waals surface area contributed by atoms with Gasteiger partial charge in [-0.1, -0.05) is 0 Å². The molecule has 1 fully saturated rings. The standard InChI is InChI=1S/C10H17N3O/c14-5-4-11-6-9-7-12-13(8-9)10-2-1-3-10/h7-8,10-11,14H,1-6H2. The van der Waals surface area contributed by atoms with Crippen LogP contribution in [-0.2, 0) is 6.54 Å². The highest BCUT2D eigenvalue weighted by molar-refractivity contribution is 5.04. The summed E-state index contributed by atoms with van der Waals surface area (Å²) < 4.78 is 2.07. The molecule has 1 aliphatic carbocycles. The van der Waals surface area contributed by atoms with E-state index in [1.54, 1.807) is 0 Å². The van der Waals surface area contributed by atoms with Gasteiger partial charge in [0.25, 0.3) is 0 Å². The van der Waals surface area contributed by atoms with Gasteiger partial charge in [-0.15, -0.1) is 0 Å². The van der Waals surface area contributed by atoms with Gasteiger partial charge in [-0.05, 0) is 19.3 Å². The van der Waals surface area contributed by atoms with Crippen molar-refractivity contribution < 1.29 is 5.11 Å². The van der Waals surface area contributed by atoms with Crippen LogP contribution in [0.3, 0.4) is 0 Å². The molecule has 2 rings (SSSR count). The molecular formula is C10H17N3O. The van der Waals surface area contributed by atoms with Gasteiger partial charge in [-0.25, -0.2) is 0 Å². The maximum absolute atomic E-state index is 8.60. The predicted octanol–water partition coefficient (Wildman–Crippen LogP) is 0.690. The van der Waals surface area contributed by atoms with Crippen LogP contribution in [0.2, 0.25) is 0 Å². The van der Waals surface area contributed by atoms with Crippen LogP contribution in [0.5, 0.6) is 0 Å². The zero-order chi connectivity index (χ0) is 9.80. The molecule has 0 saturated heterocycles. The quantitative estimate of drug-likeness (QED) is 0.680. The highest BCUT2D eigenvalue weighted by atomic mass is 16.3. The van der Waals surface area contributed by atoms with Gasteiger partial charge in [0.15, 0.2) is 0 Å². The first kappa shape index (κ1) is 9.68. The molecule has 1 saturated carbocycles. The van der Waals surface area contributed by atoms with Crippen molar-refractivity contribution in [1.82, 2.24) is 15.1 Å². The van der Waals surface area contributed by atoms with Crippen LogP contribution in [0.25, 0.3) is 0 Å². The Hall–Kier alpha value is -0.870. The summed E-state index contributed by atoms with van der Waals surface area (Å²) >= 11 is 0. The number of hydrogen-bond acceptors (Lipinski definition) is 3. The topological polar surface area (TPSA) is 50.1 Å². The van der Waals surface area contributed by atoms with E-state index in [9.17, 15) is 0 Å². The summed E-state index contributed by atoms with van der Waals surface area (Å²) in [5, 5.41) is 16.1. The summed E-state index contributed by atoms with van der Waals surface area (Å²) in [5.74, 6) is 0. The number of aromatic nitrogens is 2. The van der Waals surface area contributed by atoms with Crippen molar-refractivity contribution >= 4 is 0 Å². The van der Waals surface area contributed by atoms with Crippen molar-refractivity contribution in [2.24, 2.45) is 0 Å². The summed E-state index contributed by atoms with van der Waals surface area (Å²) in [6.07, 6.45) is 7.88. The van der Waals surface area contributed by atoms with Gasteiger partial charge in [-0.2, -0.15) is 5.10 Å². The number of nitrogens with one attached hydrogen (secondary N) is 1. The summed E-state index contributed by atoms with van der Waals surface area (Å²) in [6.45, 7) is 1.64. The zero-order valence-electron chi connectivity index (χ0n) is 8.32. The Morgan fingerprint density at radius 1 is 1.57 bits per heavy atom. The second-order valence-electron chi connectivity index (χ2n) is 3.81. The monoisotopic (exact) mass is 195 g/mol. The lowest BCUT2D eigenvalue weighted by molar-refractivity contribution is 0.288. The van der Waals surface area contributed by atoms with E-state index in [0.29, 0.717) is 12.6 Å². The third-order valence-corrected chi connectivity index (χ3v) is 2.72. The van der Waals surface area contributed by atoms with E-state index in [1.807, 2.05) is 6.20 Å². The average Bonchev–Trinajstić information content (AvgIpc) is 2.51. The van der Waals surface area contributed by atoms with Crippen molar-refractivity contribution in [1.29, 1.82) is 0 Å². The Bertz CT molecular complexity index is 281. The van der Waals surface area contributed by atoms with Crippen molar-refractivity contribution in [3.8, 4) is 0 Å². The van der Waals surface area contributed by atoms with Gasteiger partial charge in [0.05, 0.1) is 18.8 Å². The number of hydrogen-bond donors (Lipinski definition) is 2. The van der Waals surface area contributed by atoms with Crippen molar-refractivity contribution in [3.63, 3.8) is 0 Å². The lowest BCUT2D eigenvalue weighted by Gasteiger charge is -2.25. The fourth-order valence-corrected chi connectivity index (χ4v) is 1.63. The largest absolute Gasteiger partial charge is 0.395 e. The fraction of sp³-hybridized carbons (Fsp3) is 0.700. The first-order valence-electron chi connectivity index (χ1n) is 5.25. The minimum Gasteiger partial charge on any atom is -0.395 e. The molecule has 2 N–H and O–H groups in total. The Kier molecular flexibility index (Phi) is 3.16. The van der Waals surface area contributed by atoms with E-state index in [0.717, 1.165) is 6.54 Å². The third kappa shape index (κ3) is 2.13. The zero-order valence-corrected chi connectivity index (χ0v) is 8.32. The summed E-state index contributed by atoms with van der Waals surface area (Å²) in [4.78, 5) is 0. The van der Waals surface area contributed by atoms with Crippen LogP contribution >= 0.6 is 0 Å². The smallest absolute Gasteiger partial charge is 0.0556 e. The Morgan fingerprint density at radius 3 is 3.07 bits per heavy atom. The molecule has 0 radical (unpaired) electrons. The maximum atomic E-state index is 8.60. The molecule has 78 valence electrons. The van der Waals surface area contributed by atoms with E-state index in [-0.39, 0.29) is 6.61 Å². The molecule has 1 heterocycles. The van der Waals surface area contributed by atoms with Gasteiger partial charge in [0, 0.05) is 24.8 Å². The third-order valence-electron chi connectivity index (χ3n) is 2.72. The summed E-state index contributed by atoms with van der Waals surface area (Å²) in [6, 6.07) is 0.640. The number of aliphatic hydroxyl groups excluding tert-OH is 1. The maximum Gasteiger partial charge on any atom is 0.0556 e. The molecular weight excluding hydrogens is 178 g/mol. The number of aliphatic hydroxyl groups is 1. The average molecular weight is 195 g/mol. The van der Waals surface area contributed by atoms with Gasteiger partial charge in [-0.3, -0.25) is 4.68 Å². The van der Waals surface area contributed by atoms with E-state index in [2.05, 4.69) is 21.3 Å². The molecule has 14 heavy (non-hydrogen) atoms. The second-order valence-corrected chi connectivity index (χ2v) is 3.81. The predicted molar refractivity (Wildman–Crippen MR) is 53.9 cm³/mol. The lowest BCUT2D eigenvalue weighted by Crippen LogP contribution is -2.18. The molecule has 0 bridgehead atoms. The first-order valence-corrected chi connectivity index (χ1v) is 5.25. The van der Waals surface area contributed by atoms with Crippen LogP contribution in [0.1, 0.15) is 30.9 Å². The van der Waals surface area contributed by atoms with E-state index in [4.69, 9.17) is 5.11 Å². The van der Waals surface area contributed by atoms with E-state index < -0.39 is 0 Å². The van der Waals surface area contributed by atoms with Crippen molar-refractivity contribution in [3.05, 3.63) is 18.0 Å². The van der Waals surface area contributed by atoms with E-state index in [1.165, 1.54) is 24.8 Å². The van der Waals surface area contributed by atoms with Crippen molar-refractivity contribution in [2.45, 2.75) is 31.8 Å². The van der Waals surface area contributed by atoms with Gasteiger partial charge in [0.2, 0.25) is 0 Å². The van der Waals surface area contributed by atoms with Crippen LogP contribution in [0.15, 0.2) is 12.4 Å². The van der Waals surface area contributed by atoms with Crippen molar-refractivity contribution in [2.75, 3.05) is 13.2 Å². The Labute approximate surface area is 83.9 Å².